The average Bonchev–Trinajstić information content (AvgIpc) is 2.29. The number of para-hydroxylation sites is 1. The molecule has 1 aromatic carbocycles. The summed E-state index contributed by atoms with van der Waals surface area (Å²) in [6, 6.07) is 9.49. The van der Waals surface area contributed by atoms with Gasteiger partial charge in [0, 0.05) is 5.56 Å². The Morgan fingerprint density at radius 1 is 1.19 bits per heavy atom. The highest BCUT2D eigenvalue weighted by Crippen LogP contribution is 2.30. The van der Waals surface area contributed by atoms with E-state index < -0.39 is 0 Å². The number of hydrogen-bond donors (Lipinski definition) is 0. The van der Waals surface area contributed by atoms with Crippen LogP contribution in [0.3, 0.4) is 0 Å². The van der Waals surface area contributed by atoms with E-state index in [-0.39, 0.29) is 0 Å². The third-order valence-electron chi connectivity index (χ3n) is 2.32. The molecule has 3 nitrogen and oxygen atoms in total. The Balaban J connectivity index is 2.58. The molecule has 0 aliphatic rings. The van der Waals surface area contributed by atoms with E-state index in [0.717, 1.165) is 22.6 Å². The van der Waals surface area contributed by atoms with E-state index in [9.17, 15) is 0 Å². The van der Waals surface area contributed by atoms with Gasteiger partial charge in [0.05, 0.1) is 12.8 Å². The summed E-state index contributed by atoms with van der Waals surface area (Å²) in [6.07, 6.45) is 0. The summed E-state index contributed by atoms with van der Waals surface area (Å²) in [5, 5.41) is 8.35. The SMILES string of the molecule is COc1ccccc1-c1nnc(Cl)cc1C. The fourth-order valence-electron chi connectivity index (χ4n) is 1.56. The number of rotatable bonds is 2. The largest absolute Gasteiger partial charge is 0.496 e. The maximum Gasteiger partial charge on any atom is 0.152 e. The van der Waals surface area contributed by atoms with Crippen LogP contribution in [0, 0.1) is 6.92 Å². The van der Waals surface area contributed by atoms with Gasteiger partial charge >= 0.3 is 0 Å². The van der Waals surface area contributed by atoms with Crippen LogP contribution in [-0.4, -0.2) is 17.3 Å². The van der Waals surface area contributed by atoms with Crippen LogP contribution in [0.2, 0.25) is 5.15 Å². The van der Waals surface area contributed by atoms with Crippen molar-refractivity contribution < 1.29 is 4.74 Å². The van der Waals surface area contributed by atoms with Crippen molar-refractivity contribution in [2.24, 2.45) is 0 Å². The van der Waals surface area contributed by atoms with E-state index in [2.05, 4.69) is 10.2 Å². The average molecular weight is 235 g/mol. The Labute approximate surface area is 99.0 Å². The number of methoxy groups -OCH3 is 1. The van der Waals surface area contributed by atoms with Crippen LogP contribution in [-0.2, 0) is 0 Å². The van der Waals surface area contributed by atoms with Crippen molar-refractivity contribution in [3.05, 3.63) is 41.0 Å². The third-order valence-corrected chi connectivity index (χ3v) is 2.50. The fourth-order valence-corrected chi connectivity index (χ4v) is 1.76. The number of aryl methyl sites for hydroxylation is 1. The molecule has 0 fully saturated rings. The first-order valence-corrected chi connectivity index (χ1v) is 5.23. The molecule has 0 unspecified atom stereocenters. The highest BCUT2D eigenvalue weighted by Gasteiger charge is 2.10. The number of aromatic nitrogens is 2. The van der Waals surface area contributed by atoms with Gasteiger partial charge in [0.25, 0.3) is 0 Å². The van der Waals surface area contributed by atoms with Crippen molar-refractivity contribution in [3.8, 4) is 17.0 Å². The van der Waals surface area contributed by atoms with Gasteiger partial charge in [0.15, 0.2) is 5.15 Å². The Bertz CT molecular complexity index is 514. The first kappa shape index (κ1) is 10.9. The molecule has 0 atom stereocenters. The number of hydrogen-bond acceptors (Lipinski definition) is 3. The minimum Gasteiger partial charge on any atom is -0.496 e. The number of ether oxygens (including phenoxy) is 1. The molecule has 0 aliphatic carbocycles. The molecule has 0 radical (unpaired) electrons. The quantitative estimate of drug-likeness (QED) is 0.801. The Kier molecular flexibility index (Phi) is 3.06. The molecular weight excluding hydrogens is 224 g/mol. The summed E-state index contributed by atoms with van der Waals surface area (Å²) in [7, 11) is 1.64. The minimum absolute atomic E-state index is 0.399. The van der Waals surface area contributed by atoms with Gasteiger partial charge in [0.2, 0.25) is 0 Å². The first-order valence-electron chi connectivity index (χ1n) is 4.85. The van der Waals surface area contributed by atoms with Crippen LogP contribution in [0.15, 0.2) is 30.3 Å². The lowest BCUT2D eigenvalue weighted by Gasteiger charge is -2.08. The second-order valence-electron chi connectivity index (χ2n) is 3.40. The summed E-state index contributed by atoms with van der Waals surface area (Å²) in [4.78, 5) is 0. The van der Waals surface area contributed by atoms with Crippen molar-refractivity contribution in [1.82, 2.24) is 10.2 Å². The van der Waals surface area contributed by atoms with Crippen LogP contribution < -0.4 is 4.74 Å². The van der Waals surface area contributed by atoms with Crippen molar-refractivity contribution in [1.29, 1.82) is 0 Å². The predicted octanol–water partition coefficient (Wildman–Crippen LogP) is 3.11. The van der Waals surface area contributed by atoms with Gasteiger partial charge in [-0.1, -0.05) is 23.7 Å². The molecule has 82 valence electrons. The summed E-state index contributed by atoms with van der Waals surface area (Å²) >= 11 is 5.77. The molecule has 2 aromatic rings. The van der Waals surface area contributed by atoms with E-state index in [4.69, 9.17) is 16.3 Å². The topological polar surface area (TPSA) is 35.0 Å². The molecule has 0 bridgehead atoms. The number of halogens is 1. The molecule has 4 heteroatoms. The van der Waals surface area contributed by atoms with Gasteiger partial charge in [-0.25, -0.2) is 0 Å². The Hall–Kier alpha value is -1.61. The van der Waals surface area contributed by atoms with Crippen molar-refractivity contribution in [2.45, 2.75) is 6.92 Å². The Morgan fingerprint density at radius 2 is 1.94 bits per heavy atom. The van der Waals surface area contributed by atoms with Crippen molar-refractivity contribution >= 4 is 11.6 Å². The second-order valence-corrected chi connectivity index (χ2v) is 3.79. The van der Waals surface area contributed by atoms with Gasteiger partial charge in [-0.3, -0.25) is 0 Å². The zero-order chi connectivity index (χ0) is 11.5. The predicted molar refractivity (Wildman–Crippen MR) is 63.8 cm³/mol. The molecule has 1 heterocycles. The van der Waals surface area contributed by atoms with Gasteiger partial charge in [-0.05, 0) is 30.7 Å². The van der Waals surface area contributed by atoms with Crippen LogP contribution >= 0.6 is 11.6 Å². The fraction of sp³-hybridized carbons (Fsp3) is 0.167. The van der Waals surface area contributed by atoms with E-state index in [0.29, 0.717) is 5.15 Å². The second kappa shape index (κ2) is 4.49. The molecule has 0 spiro atoms. The molecule has 0 saturated carbocycles. The van der Waals surface area contributed by atoms with Crippen LogP contribution in [0.5, 0.6) is 5.75 Å². The summed E-state index contributed by atoms with van der Waals surface area (Å²) in [5.74, 6) is 0.780. The highest BCUT2D eigenvalue weighted by atomic mass is 35.5. The molecule has 0 aliphatic heterocycles. The van der Waals surface area contributed by atoms with Crippen LogP contribution in [0.4, 0.5) is 0 Å². The van der Waals surface area contributed by atoms with E-state index in [1.165, 1.54) is 0 Å². The maximum absolute atomic E-state index is 5.77. The maximum atomic E-state index is 5.77. The molecule has 0 N–H and O–H groups in total. The molecule has 0 amide bonds. The van der Waals surface area contributed by atoms with Gasteiger partial charge < -0.3 is 4.74 Å². The monoisotopic (exact) mass is 234 g/mol. The van der Waals surface area contributed by atoms with Crippen molar-refractivity contribution in [3.63, 3.8) is 0 Å². The molecular formula is C12H11ClN2O. The third kappa shape index (κ3) is 1.99. The summed E-state index contributed by atoms with van der Waals surface area (Å²) in [6.45, 7) is 1.95. The standard InChI is InChI=1S/C12H11ClN2O/c1-8-7-11(13)14-15-12(8)9-5-3-4-6-10(9)16-2/h3-7H,1-2H3. The smallest absolute Gasteiger partial charge is 0.152 e. The zero-order valence-electron chi connectivity index (χ0n) is 9.07. The lowest BCUT2D eigenvalue weighted by atomic mass is 10.1. The van der Waals surface area contributed by atoms with Crippen LogP contribution in [0.1, 0.15) is 5.56 Å². The van der Waals surface area contributed by atoms with E-state index >= 15 is 0 Å². The van der Waals surface area contributed by atoms with Crippen molar-refractivity contribution in [2.75, 3.05) is 7.11 Å². The lowest BCUT2D eigenvalue weighted by Crippen LogP contribution is -1.94. The van der Waals surface area contributed by atoms with Gasteiger partial charge in [0.1, 0.15) is 5.75 Å². The minimum atomic E-state index is 0.399. The van der Waals surface area contributed by atoms with Gasteiger partial charge in [-0.2, -0.15) is 0 Å². The van der Waals surface area contributed by atoms with Crippen LogP contribution in [0.25, 0.3) is 11.3 Å². The normalized spacial score (nSPS) is 10.2. The van der Waals surface area contributed by atoms with E-state index in [1.807, 2.05) is 31.2 Å². The molecule has 2 rings (SSSR count). The summed E-state index contributed by atoms with van der Waals surface area (Å²) < 4.78 is 5.28. The Morgan fingerprint density at radius 3 is 2.62 bits per heavy atom. The van der Waals surface area contributed by atoms with Gasteiger partial charge in [-0.15, -0.1) is 10.2 Å². The number of benzene rings is 1. The molecule has 0 saturated heterocycles. The number of nitrogens with zero attached hydrogens (tertiary/aromatic N) is 2. The highest BCUT2D eigenvalue weighted by molar-refractivity contribution is 6.29. The lowest BCUT2D eigenvalue weighted by molar-refractivity contribution is 0.416. The van der Waals surface area contributed by atoms with E-state index in [1.54, 1.807) is 13.2 Å². The first-order chi connectivity index (χ1) is 7.72. The molecule has 16 heavy (non-hydrogen) atoms. The zero-order valence-corrected chi connectivity index (χ0v) is 9.82. The summed E-state index contributed by atoms with van der Waals surface area (Å²) in [5.41, 5.74) is 2.69. The molecule has 1 aromatic heterocycles.